The van der Waals surface area contributed by atoms with Crippen molar-refractivity contribution < 1.29 is 9.53 Å². The van der Waals surface area contributed by atoms with Crippen LogP contribution < -0.4 is 16.2 Å². The van der Waals surface area contributed by atoms with E-state index in [2.05, 4.69) is 15.0 Å². The highest BCUT2D eigenvalue weighted by atomic mass is 16.5. The smallest absolute Gasteiger partial charge is 0.329 e. The van der Waals surface area contributed by atoms with Gasteiger partial charge in [-0.1, -0.05) is 0 Å². The van der Waals surface area contributed by atoms with Crippen molar-refractivity contribution in [3.8, 4) is 17.3 Å². The molecule has 32 heavy (non-hydrogen) atoms. The van der Waals surface area contributed by atoms with E-state index in [0.29, 0.717) is 42.4 Å². The van der Waals surface area contributed by atoms with Gasteiger partial charge in [-0.15, -0.1) is 0 Å². The highest BCUT2D eigenvalue weighted by Gasteiger charge is 2.29. The third-order valence-electron chi connectivity index (χ3n) is 6.33. The Labute approximate surface area is 183 Å². The van der Waals surface area contributed by atoms with Crippen LogP contribution in [-0.4, -0.2) is 42.1 Å². The molecule has 4 heterocycles. The molecule has 1 saturated carbocycles. The summed E-state index contributed by atoms with van der Waals surface area (Å²) in [6, 6.07) is 3.99. The van der Waals surface area contributed by atoms with E-state index in [1.165, 1.54) is 7.11 Å². The topological polar surface area (TPSA) is 131 Å². The molecule has 0 saturated heterocycles. The molecule has 4 aromatic rings. The summed E-state index contributed by atoms with van der Waals surface area (Å²) in [5.41, 5.74) is 9.60. The first-order valence-electron chi connectivity index (χ1n) is 10.5. The number of aryl methyl sites for hydroxylation is 1. The lowest BCUT2D eigenvalue weighted by Gasteiger charge is -2.27. The molecule has 1 fully saturated rings. The number of rotatable bonds is 4. The fourth-order valence-electron chi connectivity index (χ4n) is 4.56. The number of pyridine rings is 2. The zero-order valence-electron chi connectivity index (χ0n) is 17.9. The monoisotopic (exact) mass is 433 g/mol. The molecule has 10 nitrogen and oxygen atoms in total. The van der Waals surface area contributed by atoms with E-state index in [9.17, 15) is 9.59 Å². The summed E-state index contributed by atoms with van der Waals surface area (Å²) in [4.78, 5) is 42.5. The summed E-state index contributed by atoms with van der Waals surface area (Å²) < 4.78 is 8.45. The lowest BCUT2D eigenvalue weighted by Crippen LogP contribution is -2.32. The molecule has 2 N–H and O–H groups in total. The second-order valence-corrected chi connectivity index (χ2v) is 8.13. The van der Waals surface area contributed by atoms with Crippen LogP contribution in [0.3, 0.4) is 0 Å². The number of ether oxygens (including phenoxy) is 1. The van der Waals surface area contributed by atoms with Crippen molar-refractivity contribution >= 4 is 28.0 Å². The van der Waals surface area contributed by atoms with Gasteiger partial charge in [-0.25, -0.2) is 19.7 Å². The molecule has 1 aliphatic carbocycles. The molecule has 0 bridgehead atoms. The Kier molecular flexibility index (Phi) is 4.84. The third-order valence-corrected chi connectivity index (χ3v) is 6.33. The van der Waals surface area contributed by atoms with Crippen molar-refractivity contribution in [3.63, 3.8) is 0 Å². The Morgan fingerprint density at radius 1 is 1.09 bits per heavy atom. The predicted molar refractivity (Wildman–Crippen MR) is 118 cm³/mol. The fraction of sp³-hybridized carbons (Fsp3) is 0.364. The van der Waals surface area contributed by atoms with Gasteiger partial charge in [-0.05, 0) is 37.8 Å². The van der Waals surface area contributed by atoms with Crippen LogP contribution in [0.1, 0.15) is 31.7 Å². The number of hydrogen-bond donors (Lipinski definition) is 1. The van der Waals surface area contributed by atoms with Crippen molar-refractivity contribution in [2.45, 2.75) is 31.7 Å². The molecule has 0 radical (unpaired) electrons. The summed E-state index contributed by atoms with van der Waals surface area (Å²) >= 11 is 0. The Balaban J connectivity index is 1.67. The molecule has 5 rings (SSSR count). The molecule has 0 aliphatic heterocycles. The maximum absolute atomic E-state index is 13.2. The molecule has 164 valence electrons. The second kappa shape index (κ2) is 7.70. The van der Waals surface area contributed by atoms with E-state index in [0.717, 1.165) is 16.6 Å². The normalized spacial score (nSPS) is 18.8. The summed E-state index contributed by atoms with van der Waals surface area (Å²) in [6.45, 7) is 0. The van der Waals surface area contributed by atoms with Gasteiger partial charge < -0.3 is 10.5 Å². The van der Waals surface area contributed by atoms with E-state index in [1.807, 2.05) is 16.7 Å². The third kappa shape index (κ3) is 3.19. The molecule has 0 spiro atoms. The maximum atomic E-state index is 13.2. The van der Waals surface area contributed by atoms with Gasteiger partial charge in [0.2, 0.25) is 5.91 Å². The number of nitrogens with two attached hydrogens (primary N) is 1. The van der Waals surface area contributed by atoms with Crippen LogP contribution in [0.2, 0.25) is 0 Å². The van der Waals surface area contributed by atoms with Gasteiger partial charge in [0.25, 0.3) is 0 Å². The van der Waals surface area contributed by atoms with Crippen LogP contribution in [0.4, 0.5) is 0 Å². The van der Waals surface area contributed by atoms with Crippen molar-refractivity contribution in [2.24, 2.45) is 18.7 Å². The number of imidazole rings is 1. The molecule has 0 unspecified atom stereocenters. The Hall–Kier alpha value is -3.82. The standard InChI is InChI=1S/C22H23N7O3/c1-28-17-11-24-16-8-7-15(13-9-25-21(32-2)26-10-13)27-18(16)19(17)29(22(28)31)14-5-3-12(4-6-14)20(23)30/h7-12,14H,3-6H2,1-2H3,(H2,23,30)/t12-,14-. The van der Waals surface area contributed by atoms with E-state index >= 15 is 0 Å². The lowest BCUT2D eigenvalue weighted by molar-refractivity contribution is -0.122. The van der Waals surface area contributed by atoms with Crippen LogP contribution >= 0.6 is 0 Å². The molecule has 1 amide bonds. The quantitative estimate of drug-likeness (QED) is 0.520. The summed E-state index contributed by atoms with van der Waals surface area (Å²) in [6.07, 6.45) is 7.78. The highest BCUT2D eigenvalue weighted by molar-refractivity contribution is 6.00. The maximum Gasteiger partial charge on any atom is 0.329 e. The number of primary amides is 1. The first-order chi connectivity index (χ1) is 15.5. The van der Waals surface area contributed by atoms with Crippen LogP contribution in [0.25, 0.3) is 33.3 Å². The Morgan fingerprint density at radius 3 is 2.47 bits per heavy atom. The number of carbonyl (C=O) groups is 1. The number of fused-ring (bicyclic) bond motifs is 3. The summed E-state index contributed by atoms with van der Waals surface area (Å²) in [7, 11) is 3.25. The van der Waals surface area contributed by atoms with Crippen molar-refractivity contribution in [1.29, 1.82) is 0 Å². The van der Waals surface area contributed by atoms with E-state index in [1.54, 1.807) is 30.2 Å². The minimum absolute atomic E-state index is 0.0258. The zero-order valence-corrected chi connectivity index (χ0v) is 17.9. The lowest BCUT2D eigenvalue weighted by atomic mass is 9.85. The number of methoxy groups -OCH3 is 1. The first-order valence-corrected chi connectivity index (χ1v) is 10.5. The van der Waals surface area contributed by atoms with Crippen LogP contribution in [-0.2, 0) is 11.8 Å². The van der Waals surface area contributed by atoms with Crippen molar-refractivity contribution in [3.05, 3.63) is 41.2 Å². The number of carbonyl (C=O) groups excluding carboxylic acids is 1. The van der Waals surface area contributed by atoms with Gasteiger partial charge in [-0.3, -0.25) is 18.9 Å². The number of aromatic nitrogens is 6. The van der Waals surface area contributed by atoms with Crippen LogP contribution in [0.15, 0.2) is 35.5 Å². The fourth-order valence-corrected chi connectivity index (χ4v) is 4.56. The van der Waals surface area contributed by atoms with Crippen molar-refractivity contribution in [2.75, 3.05) is 7.11 Å². The molecular weight excluding hydrogens is 410 g/mol. The largest absolute Gasteiger partial charge is 0.467 e. The van der Waals surface area contributed by atoms with Gasteiger partial charge in [0.05, 0.1) is 35.6 Å². The highest BCUT2D eigenvalue weighted by Crippen LogP contribution is 2.35. The van der Waals surface area contributed by atoms with Gasteiger partial charge in [0.15, 0.2) is 0 Å². The second-order valence-electron chi connectivity index (χ2n) is 8.13. The minimum Gasteiger partial charge on any atom is -0.467 e. The average Bonchev–Trinajstić information content (AvgIpc) is 3.09. The molecule has 0 atom stereocenters. The Bertz CT molecular complexity index is 1380. The summed E-state index contributed by atoms with van der Waals surface area (Å²) in [5.74, 6) is -0.397. The first kappa shape index (κ1) is 20.1. The number of nitrogens with zero attached hydrogens (tertiary/aromatic N) is 6. The van der Waals surface area contributed by atoms with Crippen LogP contribution in [0.5, 0.6) is 6.01 Å². The van der Waals surface area contributed by atoms with Gasteiger partial charge in [-0.2, -0.15) is 0 Å². The number of amides is 1. The molecular formula is C22H23N7O3. The van der Waals surface area contributed by atoms with Crippen LogP contribution in [0, 0.1) is 5.92 Å². The van der Waals surface area contributed by atoms with E-state index < -0.39 is 0 Å². The summed E-state index contributed by atoms with van der Waals surface area (Å²) in [5, 5.41) is 0. The van der Waals surface area contributed by atoms with Gasteiger partial charge in [0, 0.05) is 37.0 Å². The van der Waals surface area contributed by atoms with E-state index in [-0.39, 0.29) is 29.6 Å². The SMILES string of the molecule is COc1ncc(-c2ccc3ncc4c(c3n2)n([C@H]2CC[C@H](C(N)=O)CC2)c(=O)n4C)cn1. The van der Waals surface area contributed by atoms with Gasteiger partial charge in [0.1, 0.15) is 5.52 Å². The minimum atomic E-state index is -0.267. The molecule has 4 aromatic heterocycles. The number of hydrogen-bond acceptors (Lipinski definition) is 7. The average molecular weight is 433 g/mol. The predicted octanol–water partition coefficient (Wildman–Crippen LogP) is 1.97. The molecule has 10 heteroatoms. The molecule has 1 aliphatic rings. The Morgan fingerprint density at radius 2 is 1.81 bits per heavy atom. The van der Waals surface area contributed by atoms with Crippen molar-refractivity contribution in [1.82, 2.24) is 29.1 Å². The van der Waals surface area contributed by atoms with E-state index in [4.69, 9.17) is 15.5 Å². The zero-order chi connectivity index (χ0) is 22.4. The van der Waals surface area contributed by atoms with Gasteiger partial charge >= 0.3 is 11.7 Å². The molecule has 0 aromatic carbocycles.